The highest BCUT2D eigenvalue weighted by Gasteiger charge is 2.10. The SMILES string of the molecule is N#Cc1ccc(F)c(COC(=O)CCNC(=O)c2ccc(Cl)cc2)c1. The quantitative estimate of drug-likeness (QED) is 0.802. The van der Waals surface area contributed by atoms with E-state index in [4.69, 9.17) is 21.6 Å². The zero-order valence-corrected chi connectivity index (χ0v) is 13.8. The monoisotopic (exact) mass is 360 g/mol. The number of amides is 1. The predicted octanol–water partition coefficient (Wildman–Crippen LogP) is 3.21. The molecule has 0 radical (unpaired) electrons. The first kappa shape index (κ1) is 18.4. The van der Waals surface area contributed by atoms with Gasteiger partial charge in [0.05, 0.1) is 18.1 Å². The van der Waals surface area contributed by atoms with Crippen LogP contribution in [0.4, 0.5) is 4.39 Å². The molecule has 0 fully saturated rings. The van der Waals surface area contributed by atoms with Gasteiger partial charge in [0.15, 0.2) is 0 Å². The minimum absolute atomic E-state index is 0.0567. The topological polar surface area (TPSA) is 79.2 Å². The molecule has 25 heavy (non-hydrogen) atoms. The molecule has 5 nitrogen and oxygen atoms in total. The van der Waals surface area contributed by atoms with Crippen LogP contribution < -0.4 is 5.32 Å². The maximum atomic E-state index is 13.6. The maximum Gasteiger partial charge on any atom is 0.307 e. The van der Waals surface area contributed by atoms with E-state index in [2.05, 4.69) is 5.32 Å². The molecule has 0 unspecified atom stereocenters. The molecule has 7 heteroatoms. The summed E-state index contributed by atoms with van der Waals surface area (Å²) in [6.45, 7) is -0.188. The molecule has 128 valence electrons. The highest BCUT2D eigenvalue weighted by molar-refractivity contribution is 6.30. The van der Waals surface area contributed by atoms with E-state index in [9.17, 15) is 14.0 Å². The second kappa shape index (κ2) is 8.81. The zero-order chi connectivity index (χ0) is 18.2. The van der Waals surface area contributed by atoms with Gasteiger partial charge in [0.1, 0.15) is 12.4 Å². The summed E-state index contributed by atoms with van der Waals surface area (Å²) >= 11 is 5.74. The van der Waals surface area contributed by atoms with Crippen molar-refractivity contribution in [2.45, 2.75) is 13.0 Å². The summed E-state index contributed by atoms with van der Waals surface area (Å²) in [6, 6.07) is 12.0. The Labute approximate surface area is 149 Å². The number of nitrogens with zero attached hydrogens (tertiary/aromatic N) is 1. The van der Waals surface area contributed by atoms with E-state index in [0.717, 1.165) is 6.07 Å². The normalized spacial score (nSPS) is 9.96. The average Bonchev–Trinajstić information content (AvgIpc) is 2.61. The van der Waals surface area contributed by atoms with Crippen LogP contribution in [-0.2, 0) is 16.1 Å². The van der Waals surface area contributed by atoms with Crippen LogP contribution in [0.25, 0.3) is 0 Å². The molecule has 0 saturated carbocycles. The number of hydrogen-bond donors (Lipinski definition) is 1. The van der Waals surface area contributed by atoms with Gasteiger partial charge >= 0.3 is 5.97 Å². The summed E-state index contributed by atoms with van der Waals surface area (Å²) in [5, 5.41) is 11.9. The van der Waals surface area contributed by atoms with Crippen LogP contribution in [0.1, 0.15) is 27.9 Å². The smallest absolute Gasteiger partial charge is 0.307 e. The van der Waals surface area contributed by atoms with E-state index in [-0.39, 0.29) is 36.6 Å². The van der Waals surface area contributed by atoms with Crippen LogP contribution in [0.15, 0.2) is 42.5 Å². The van der Waals surface area contributed by atoms with Crippen LogP contribution in [0.5, 0.6) is 0 Å². The fourth-order valence-electron chi connectivity index (χ4n) is 1.97. The molecule has 1 N–H and O–H groups in total. The maximum absolute atomic E-state index is 13.6. The van der Waals surface area contributed by atoms with E-state index in [1.165, 1.54) is 12.1 Å². The number of esters is 1. The predicted molar refractivity (Wildman–Crippen MR) is 89.3 cm³/mol. The van der Waals surface area contributed by atoms with Gasteiger partial charge in [0.2, 0.25) is 0 Å². The molecule has 0 atom stereocenters. The Balaban J connectivity index is 1.77. The number of nitriles is 1. The molecular weight excluding hydrogens is 347 g/mol. The lowest BCUT2D eigenvalue weighted by molar-refractivity contribution is -0.144. The molecule has 0 heterocycles. The third-order valence-electron chi connectivity index (χ3n) is 3.28. The molecular formula is C18H14ClFN2O3. The molecule has 2 rings (SSSR count). The van der Waals surface area contributed by atoms with Crippen molar-refractivity contribution in [1.29, 1.82) is 5.26 Å². The number of halogens is 2. The van der Waals surface area contributed by atoms with Crippen LogP contribution in [0.2, 0.25) is 5.02 Å². The summed E-state index contributed by atoms with van der Waals surface area (Å²) < 4.78 is 18.5. The van der Waals surface area contributed by atoms with Crippen molar-refractivity contribution in [3.8, 4) is 6.07 Å². The minimum atomic E-state index is -0.585. The number of ether oxygens (including phenoxy) is 1. The fourth-order valence-corrected chi connectivity index (χ4v) is 2.09. The van der Waals surface area contributed by atoms with Gasteiger partial charge < -0.3 is 10.1 Å². The minimum Gasteiger partial charge on any atom is -0.461 e. The number of benzene rings is 2. The summed E-state index contributed by atoms with van der Waals surface area (Å²) in [5.74, 6) is -1.47. The van der Waals surface area contributed by atoms with Crippen molar-refractivity contribution >= 4 is 23.5 Å². The number of hydrogen-bond acceptors (Lipinski definition) is 4. The number of carbonyl (C=O) groups is 2. The van der Waals surface area contributed by atoms with Gasteiger partial charge in [0.25, 0.3) is 5.91 Å². The number of nitrogens with one attached hydrogen (secondary N) is 1. The van der Waals surface area contributed by atoms with Gasteiger partial charge in [-0.1, -0.05) is 11.6 Å². The van der Waals surface area contributed by atoms with Gasteiger partial charge in [-0.05, 0) is 42.5 Å². The summed E-state index contributed by atoms with van der Waals surface area (Å²) in [4.78, 5) is 23.5. The van der Waals surface area contributed by atoms with E-state index >= 15 is 0 Å². The standard InChI is InChI=1S/C18H14ClFN2O3/c19-15-4-2-13(3-5-15)18(24)22-8-7-17(23)25-11-14-9-12(10-21)1-6-16(14)20/h1-6,9H,7-8,11H2,(H,22,24). The first-order chi connectivity index (χ1) is 12.0. The summed E-state index contributed by atoms with van der Waals surface area (Å²) in [7, 11) is 0. The average molecular weight is 361 g/mol. The number of rotatable bonds is 6. The number of carbonyl (C=O) groups excluding carboxylic acids is 2. The fraction of sp³-hybridized carbons (Fsp3) is 0.167. The Morgan fingerprint density at radius 1 is 1.20 bits per heavy atom. The molecule has 0 aliphatic rings. The van der Waals surface area contributed by atoms with Crippen molar-refractivity contribution in [3.63, 3.8) is 0 Å². The van der Waals surface area contributed by atoms with E-state index in [1.54, 1.807) is 24.3 Å². The zero-order valence-electron chi connectivity index (χ0n) is 13.1. The Morgan fingerprint density at radius 2 is 1.92 bits per heavy atom. The van der Waals surface area contributed by atoms with Crippen LogP contribution in [0, 0.1) is 17.1 Å². The molecule has 0 aliphatic heterocycles. The lowest BCUT2D eigenvalue weighted by Crippen LogP contribution is -2.26. The largest absolute Gasteiger partial charge is 0.461 e. The van der Waals surface area contributed by atoms with E-state index in [0.29, 0.717) is 10.6 Å². The van der Waals surface area contributed by atoms with Crippen molar-refractivity contribution in [2.75, 3.05) is 6.54 Å². The van der Waals surface area contributed by atoms with Gasteiger partial charge in [-0.25, -0.2) is 4.39 Å². The Kier molecular flexibility index (Phi) is 6.49. The van der Waals surface area contributed by atoms with Gasteiger partial charge in [-0.3, -0.25) is 9.59 Å². The Hall–Kier alpha value is -2.91. The molecule has 2 aromatic rings. The molecule has 2 aromatic carbocycles. The summed E-state index contributed by atoms with van der Waals surface area (Å²) in [6.07, 6.45) is -0.0567. The molecule has 0 saturated heterocycles. The first-order valence-corrected chi connectivity index (χ1v) is 7.75. The third kappa shape index (κ3) is 5.59. The molecule has 1 amide bonds. The lowest BCUT2D eigenvalue weighted by atomic mass is 10.1. The van der Waals surface area contributed by atoms with Gasteiger partial charge in [0, 0.05) is 22.7 Å². The van der Waals surface area contributed by atoms with Crippen molar-refractivity contribution in [1.82, 2.24) is 5.32 Å². The molecule has 0 bridgehead atoms. The third-order valence-corrected chi connectivity index (χ3v) is 3.54. The highest BCUT2D eigenvalue weighted by atomic mass is 35.5. The molecule has 0 aliphatic carbocycles. The van der Waals surface area contributed by atoms with Crippen molar-refractivity contribution in [3.05, 3.63) is 70.0 Å². The lowest BCUT2D eigenvalue weighted by Gasteiger charge is -2.07. The molecule has 0 spiro atoms. The van der Waals surface area contributed by atoms with E-state index < -0.39 is 11.8 Å². The first-order valence-electron chi connectivity index (χ1n) is 7.37. The molecule has 0 aromatic heterocycles. The Morgan fingerprint density at radius 3 is 2.60 bits per heavy atom. The van der Waals surface area contributed by atoms with E-state index in [1.807, 2.05) is 6.07 Å². The second-order valence-electron chi connectivity index (χ2n) is 5.09. The van der Waals surface area contributed by atoms with Gasteiger partial charge in [-0.2, -0.15) is 5.26 Å². The Bertz CT molecular complexity index is 816. The van der Waals surface area contributed by atoms with Crippen LogP contribution in [0.3, 0.4) is 0 Å². The van der Waals surface area contributed by atoms with Crippen molar-refractivity contribution in [2.24, 2.45) is 0 Å². The summed E-state index contributed by atoms with van der Waals surface area (Å²) in [5.41, 5.74) is 0.827. The van der Waals surface area contributed by atoms with Crippen LogP contribution >= 0.6 is 11.6 Å². The van der Waals surface area contributed by atoms with Gasteiger partial charge in [-0.15, -0.1) is 0 Å². The second-order valence-corrected chi connectivity index (χ2v) is 5.53. The van der Waals surface area contributed by atoms with Crippen molar-refractivity contribution < 1.29 is 18.7 Å². The highest BCUT2D eigenvalue weighted by Crippen LogP contribution is 2.12. The van der Waals surface area contributed by atoms with Crippen LogP contribution in [-0.4, -0.2) is 18.4 Å².